The number of nitrogens with one attached hydrogen (secondary N) is 1. The molecule has 1 N–H and O–H groups in total. The Morgan fingerprint density at radius 2 is 2.20 bits per heavy atom. The largest absolute Gasteiger partial charge is 0.453 e. The van der Waals surface area contributed by atoms with Crippen LogP contribution in [-0.4, -0.2) is 13.9 Å². The monoisotopic (exact) mass is 229 g/mol. The third kappa shape index (κ3) is 1.88. The maximum atomic E-state index is 6.05. The first-order chi connectivity index (χ1) is 7.24. The topological polar surface area (TPSA) is 39.7 Å². The first kappa shape index (κ1) is 10.5. The Kier molecular flexibility index (Phi) is 3.00. The Labute approximate surface area is 93.0 Å². The number of hydrogen-bond donors (Lipinski definition) is 1. The third-order valence-electron chi connectivity index (χ3n) is 2.36. The van der Waals surface area contributed by atoms with Gasteiger partial charge in [0.05, 0.1) is 12.1 Å². The molecule has 0 unspecified atom stereocenters. The molecule has 0 bridgehead atoms. The molecule has 0 spiro atoms. The molecule has 1 heterocycles. The lowest BCUT2D eigenvalue weighted by Crippen LogP contribution is -2.11. The average molecular weight is 230 g/mol. The molecule has 1 aromatic rings. The summed E-state index contributed by atoms with van der Waals surface area (Å²) in [6.07, 6.45) is 0. The number of benzene rings is 1. The van der Waals surface area contributed by atoms with E-state index in [9.17, 15) is 0 Å². The van der Waals surface area contributed by atoms with E-state index in [1.165, 1.54) is 0 Å². The smallest absolute Gasteiger partial charge is 0.231 e. The Morgan fingerprint density at radius 3 is 2.93 bits per heavy atom. The van der Waals surface area contributed by atoms with Crippen molar-refractivity contribution in [3.63, 3.8) is 0 Å². The van der Waals surface area contributed by atoms with Crippen molar-refractivity contribution in [2.24, 2.45) is 0 Å². The molecule has 0 saturated carbocycles. The molecule has 82 valence electrons. The molecule has 0 fully saturated rings. The predicted molar refractivity (Wildman–Crippen MR) is 56.2 cm³/mol. The minimum absolute atomic E-state index is 0.233. The van der Waals surface area contributed by atoms with Gasteiger partial charge in [-0.15, -0.1) is 0 Å². The van der Waals surface area contributed by atoms with Gasteiger partial charge in [0.25, 0.3) is 0 Å². The molecule has 5 heteroatoms. The minimum Gasteiger partial charge on any atom is -0.453 e. The molecular formula is C10H12ClNO3. The van der Waals surface area contributed by atoms with Crippen molar-refractivity contribution in [3.8, 4) is 11.5 Å². The molecule has 1 aliphatic rings. The average Bonchev–Trinajstić information content (AvgIpc) is 2.70. The van der Waals surface area contributed by atoms with Gasteiger partial charge in [0.2, 0.25) is 6.79 Å². The van der Waals surface area contributed by atoms with E-state index >= 15 is 0 Å². The van der Waals surface area contributed by atoms with E-state index in [1.807, 2.05) is 13.0 Å². The van der Waals surface area contributed by atoms with Gasteiger partial charge in [0.15, 0.2) is 11.5 Å². The first-order valence-corrected chi connectivity index (χ1v) is 4.95. The SMILES string of the molecule is CONCc1cc(Cl)c2c(c1C)OCO2. The molecule has 0 atom stereocenters. The predicted octanol–water partition coefficient (Wildman–Crippen LogP) is 2.03. The zero-order valence-corrected chi connectivity index (χ0v) is 9.35. The lowest BCUT2D eigenvalue weighted by molar-refractivity contribution is 0.0865. The summed E-state index contributed by atoms with van der Waals surface area (Å²) < 4.78 is 10.6. The highest BCUT2D eigenvalue weighted by atomic mass is 35.5. The number of ether oxygens (including phenoxy) is 2. The molecule has 0 aromatic heterocycles. The van der Waals surface area contributed by atoms with Gasteiger partial charge < -0.3 is 14.3 Å². The fourth-order valence-electron chi connectivity index (χ4n) is 1.54. The Morgan fingerprint density at radius 1 is 1.47 bits per heavy atom. The van der Waals surface area contributed by atoms with Crippen molar-refractivity contribution < 1.29 is 14.3 Å². The number of hydrogen-bond acceptors (Lipinski definition) is 4. The van der Waals surface area contributed by atoms with E-state index in [2.05, 4.69) is 5.48 Å². The van der Waals surface area contributed by atoms with Crippen molar-refractivity contribution in [2.75, 3.05) is 13.9 Å². The summed E-state index contributed by atoms with van der Waals surface area (Å²) >= 11 is 6.05. The molecule has 15 heavy (non-hydrogen) atoms. The van der Waals surface area contributed by atoms with Crippen LogP contribution in [0.5, 0.6) is 11.5 Å². The number of halogens is 1. The van der Waals surface area contributed by atoms with Crippen molar-refractivity contribution in [3.05, 3.63) is 22.2 Å². The lowest BCUT2D eigenvalue weighted by Gasteiger charge is -2.10. The minimum atomic E-state index is 0.233. The summed E-state index contributed by atoms with van der Waals surface area (Å²) in [6.45, 7) is 2.78. The standard InChI is InChI=1S/C10H12ClNO3/c1-6-7(4-12-13-2)3-8(11)10-9(6)14-5-15-10/h3,12H,4-5H2,1-2H3. The van der Waals surface area contributed by atoms with Gasteiger partial charge in [-0.1, -0.05) is 11.6 Å². The molecular weight excluding hydrogens is 218 g/mol. The molecule has 0 aliphatic carbocycles. The van der Waals surface area contributed by atoms with Gasteiger partial charge >= 0.3 is 0 Å². The lowest BCUT2D eigenvalue weighted by atomic mass is 10.1. The normalized spacial score (nSPS) is 13.3. The summed E-state index contributed by atoms with van der Waals surface area (Å²) in [5.41, 5.74) is 4.83. The summed E-state index contributed by atoms with van der Waals surface area (Å²) in [7, 11) is 1.57. The molecule has 1 aromatic carbocycles. The van der Waals surface area contributed by atoms with Crippen LogP contribution in [0.15, 0.2) is 6.07 Å². The van der Waals surface area contributed by atoms with Crippen LogP contribution in [0.3, 0.4) is 0 Å². The van der Waals surface area contributed by atoms with Crippen LogP contribution >= 0.6 is 11.6 Å². The Hall–Kier alpha value is -0.970. The Balaban J connectivity index is 2.36. The highest BCUT2D eigenvalue weighted by Gasteiger charge is 2.21. The maximum absolute atomic E-state index is 6.05. The maximum Gasteiger partial charge on any atom is 0.231 e. The van der Waals surface area contributed by atoms with Crippen LogP contribution in [0.1, 0.15) is 11.1 Å². The van der Waals surface area contributed by atoms with Gasteiger partial charge in [0, 0.05) is 6.54 Å². The van der Waals surface area contributed by atoms with Crippen molar-refractivity contribution in [1.82, 2.24) is 5.48 Å². The van der Waals surface area contributed by atoms with Gasteiger partial charge in [0.1, 0.15) is 0 Å². The second-order valence-corrected chi connectivity index (χ2v) is 3.64. The van der Waals surface area contributed by atoms with Crippen LogP contribution in [0, 0.1) is 6.92 Å². The fourth-order valence-corrected chi connectivity index (χ4v) is 1.81. The van der Waals surface area contributed by atoms with Crippen LogP contribution in [-0.2, 0) is 11.4 Å². The van der Waals surface area contributed by atoms with Crippen molar-refractivity contribution >= 4 is 11.6 Å². The van der Waals surface area contributed by atoms with E-state index in [0.29, 0.717) is 17.3 Å². The van der Waals surface area contributed by atoms with Gasteiger partial charge in [-0.25, -0.2) is 0 Å². The molecule has 4 nitrogen and oxygen atoms in total. The second-order valence-electron chi connectivity index (χ2n) is 3.23. The van der Waals surface area contributed by atoms with E-state index in [1.54, 1.807) is 7.11 Å². The van der Waals surface area contributed by atoms with E-state index in [4.69, 9.17) is 25.9 Å². The summed E-state index contributed by atoms with van der Waals surface area (Å²) in [6, 6.07) is 1.86. The van der Waals surface area contributed by atoms with E-state index in [0.717, 1.165) is 16.9 Å². The number of fused-ring (bicyclic) bond motifs is 1. The van der Waals surface area contributed by atoms with Gasteiger partial charge in [-0.3, -0.25) is 0 Å². The quantitative estimate of drug-likeness (QED) is 0.806. The second kappa shape index (κ2) is 4.26. The molecule has 0 radical (unpaired) electrons. The van der Waals surface area contributed by atoms with E-state index < -0.39 is 0 Å². The van der Waals surface area contributed by atoms with Crippen LogP contribution < -0.4 is 15.0 Å². The highest BCUT2D eigenvalue weighted by molar-refractivity contribution is 6.32. The summed E-state index contributed by atoms with van der Waals surface area (Å²) in [5, 5.41) is 0.570. The fraction of sp³-hybridized carbons (Fsp3) is 0.400. The third-order valence-corrected chi connectivity index (χ3v) is 2.64. The summed E-state index contributed by atoms with van der Waals surface area (Å²) in [4.78, 5) is 4.79. The molecule has 0 amide bonds. The zero-order chi connectivity index (χ0) is 10.8. The number of hydroxylamine groups is 1. The van der Waals surface area contributed by atoms with Gasteiger partial charge in [-0.2, -0.15) is 5.48 Å². The van der Waals surface area contributed by atoms with Crippen LogP contribution in [0.4, 0.5) is 0 Å². The van der Waals surface area contributed by atoms with E-state index in [-0.39, 0.29) is 6.79 Å². The zero-order valence-electron chi connectivity index (χ0n) is 8.59. The molecule has 0 saturated heterocycles. The summed E-state index contributed by atoms with van der Waals surface area (Å²) in [5.74, 6) is 1.37. The Bertz CT molecular complexity index is 381. The van der Waals surface area contributed by atoms with Crippen molar-refractivity contribution in [1.29, 1.82) is 0 Å². The highest BCUT2D eigenvalue weighted by Crippen LogP contribution is 2.42. The van der Waals surface area contributed by atoms with Crippen LogP contribution in [0.25, 0.3) is 0 Å². The van der Waals surface area contributed by atoms with Gasteiger partial charge in [-0.05, 0) is 24.1 Å². The van der Waals surface area contributed by atoms with Crippen LogP contribution in [0.2, 0.25) is 5.02 Å². The molecule has 1 aliphatic heterocycles. The first-order valence-electron chi connectivity index (χ1n) is 4.57. The number of rotatable bonds is 3. The van der Waals surface area contributed by atoms with Crippen molar-refractivity contribution in [2.45, 2.75) is 13.5 Å². The molecule has 2 rings (SSSR count).